The van der Waals surface area contributed by atoms with E-state index >= 15 is 0 Å². The van der Waals surface area contributed by atoms with Crippen molar-refractivity contribution in [2.45, 2.75) is 23.4 Å². The van der Waals surface area contributed by atoms with E-state index in [0.29, 0.717) is 0 Å². The molecule has 0 aliphatic heterocycles. The van der Waals surface area contributed by atoms with Crippen molar-refractivity contribution in [1.82, 2.24) is 0 Å². The van der Waals surface area contributed by atoms with E-state index in [1.165, 1.54) is 12.8 Å². The predicted octanol–water partition coefficient (Wildman–Crippen LogP) is 1.95. The van der Waals surface area contributed by atoms with Gasteiger partial charge in [-0.05, 0) is 42.4 Å². The van der Waals surface area contributed by atoms with Gasteiger partial charge in [-0.1, -0.05) is 0 Å². The van der Waals surface area contributed by atoms with Crippen LogP contribution in [0, 0.1) is 0 Å². The Kier molecular flexibility index (Phi) is 1.58. The van der Waals surface area contributed by atoms with Crippen molar-refractivity contribution in [1.29, 1.82) is 0 Å². The van der Waals surface area contributed by atoms with Gasteiger partial charge in [0, 0.05) is 6.61 Å². The molecule has 0 saturated heterocycles. The molecule has 1 aliphatic carbocycles. The first-order chi connectivity index (χ1) is 3.27. The van der Waals surface area contributed by atoms with Crippen LogP contribution >= 0.6 is 22.6 Å². The van der Waals surface area contributed by atoms with Crippen LogP contribution < -0.4 is 0 Å². The van der Waals surface area contributed by atoms with E-state index < -0.39 is 0 Å². The molecule has 0 bridgehead atoms. The van der Waals surface area contributed by atoms with Crippen LogP contribution in [0.5, 0.6) is 0 Å². The van der Waals surface area contributed by atoms with Gasteiger partial charge < -0.3 is 4.74 Å². The zero-order chi connectivity index (χ0) is 5.33. The Morgan fingerprint density at radius 3 is 2.43 bits per heavy atom. The molecule has 0 unspecified atom stereocenters. The van der Waals surface area contributed by atoms with Crippen LogP contribution in [0.15, 0.2) is 0 Å². The van der Waals surface area contributed by atoms with Crippen LogP contribution in [0.2, 0.25) is 0 Å². The molecule has 0 N–H and O–H groups in total. The minimum atomic E-state index is 0.270. The number of hydrogen-bond acceptors (Lipinski definition) is 1. The molecule has 1 nitrogen and oxygen atoms in total. The van der Waals surface area contributed by atoms with Gasteiger partial charge in [0.05, 0.1) is 0 Å². The van der Waals surface area contributed by atoms with Gasteiger partial charge in [0.25, 0.3) is 0 Å². The molecule has 2 heteroatoms. The number of alkyl halides is 1. The average molecular weight is 212 g/mol. The standard InChI is InChI=1S/C5H9IO/c1-2-7-5(6)3-4-5/h2-4H2,1H3. The van der Waals surface area contributed by atoms with Gasteiger partial charge in [0.1, 0.15) is 3.61 Å². The summed E-state index contributed by atoms with van der Waals surface area (Å²) in [5.41, 5.74) is 0. The molecule has 7 heavy (non-hydrogen) atoms. The average Bonchev–Trinajstić information content (AvgIpc) is 2.22. The van der Waals surface area contributed by atoms with Gasteiger partial charge >= 0.3 is 0 Å². The second-order valence-electron chi connectivity index (χ2n) is 1.82. The maximum atomic E-state index is 5.33. The summed E-state index contributed by atoms with van der Waals surface area (Å²) in [5.74, 6) is 0. The largest absolute Gasteiger partial charge is 0.365 e. The summed E-state index contributed by atoms with van der Waals surface area (Å²) in [6.45, 7) is 2.90. The highest BCUT2D eigenvalue weighted by atomic mass is 127. The van der Waals surface area contributed by atoms with Crippen LogP contribution in [0.1, 0.15) is 19.8 Å². The van der Waals surface area contributed by atoms with Gasteiger partial charge in [0.15, 0.2) is 0 Å². The topological polar surface area (TPSA) is 9.23 Å². The first-order valence-electron chi connectivity index (χ1n) is 2.60. The van der Waals surface area contributed by atoms with Crippen molar-refractivity contribution < 1.29 is 4.74 Å². The molecule has 1 fully saturated rings. The molecule has 1 rings (SSSR count). The molecule has 0 atom stereocenters. The van der Waals surface area contributed by atoms with Gasteiger partial charge in [0.2, 0.25) is 0 Å². The van der Waals surface area contributed by atoms with Crippen molar-refractivity contribution >= 4 is 22.6 Å². The molecular weight excluding hydrogens is 203 g/mol. The third kappa shape index (κ3) is 1.57. The minimum Gasteiger partial charge on any atom is -0.365 e. The van der Waals surface area contributed by atoms with Crippen molar-refractivity contribution in [3.63, 3.8) is 0 Å². The van der Waals surface area contributed by atoms with Crippen LogP contribution in [0.3, 0.4) is 0 Å². The number of hydrogen-bond donors (Lipinski definition) is 0. The fourth-order valence-corrected chi connectivity index (χ4v) is 1.08. The zero-order valence-electron chi connectivity index (χ0n) is 4.41. The lowest BCUT2D eigenvalue weighted by Gasteiger charge is -2.03. The summed E-state index contributed by atoms with van der Waals surface area (Å²) in [5, 5.41) is 0. The Morgan fingerprint density at radius 2 is 2.29 bits per heavy atom. The molecule has 0 spiro atoms. The normalized spacial score (nSPS) is 24.9. The lowest BCUT2D eigenvalue weighted by atomic mass is 10.8. The molecule has 0 amide bonds. The van der Waals surface area contributed by atoms with Crippen molar-refractivity contribution in [3.05, 3.63) is 0 Å². The number of rotatable bonds is 2. The quantitative estimate of drug-likeness (QED) is 0.502. The number of halogens is 1. The fraction of sp³-hybridized carbons (Fsp3) is 1.00. The maximum Gasteiger partial charge on any atom is 0.119 e. The Labute approximate surface area is 57.6 Å². The summed E-state index contributed by atoms with van der Waals surface area (Å²) in [6, 6.07) is 0. The maximum absolute atomic E-state index is 5.33. The van der Waals surface area contributed by atoms with Gasteiger partial charge in [-0.3, -0.25) is 0 Å². The third-order valence-electron chi connectivity index (χ3n) is 1.05. The smallest absolute Gasteiger partial charge is 0.119 e. The van der Waals surface area contributed by atoms with E-state index in [4.69, 9.17) is 4.74 Å². The summed E-state index contributed by atoms with van der Waals surface area (Å²) >= 11 is 2.37. The monoisotopic (exact) mass is 212 g/mol. The molecular formula is C5H9IO. The number of ether oxygens (including phenoxy) is 1. The molecule has 0 aromatic heterocycles. The SMILES string of the molecule is CCOC1(I)CC1. The molecule has 1 saturated carbocycles. The molecule has 42 valence electrons. The van der Waals surface area contributed by atoms with Gasteiger partial charge in [-0.25, -0.2) is 0 Å². The zero-order valence-corrected chi connectivity index (χ0v) is 6.57. The van der Waals surface area contributed by atoms with E-state index in [1.54, 1.807) is 0 Å². The van der Waals surface area contributed by atoms with Crippen LogP contribution in [-0.2, 0) is 4.74 Å². The van der Waals surface area contributed by atoms with E-state index in [-0.39, 0.29) is 3.61 Å². The van der Waals surface area contributed by atoms with Crippen LogP contribution in [0.25, 0.3) is 0 Å². The molecule has 1 aliphatic rings. The highest BCUT2D eigenvalue weighted by Gasteiger charge is 2.40. The van der Waals surface area contributed by atoms with Crippen molar-refractivity contribution in [3.8, 4) is 0 Å². The first kappa shape index (κ1) is 5.82. The summed E-state index contributed by atoms with van der Waals surface area (Å²) in [7, 11) is 0. The third-order valence-corrected chi connectivity index (χ3v) is 2.44. The summed E-state index contributed by atoms with van der Waals surface area (Å²) in [4.78, 5) is 0. The van der Waals surface area contributed by atoms with E-state index in [0.717, 1.165) is 6.61 Å². The lowest BCUT2D eigenvalue weighted by molar-refractivity contribution is 0.121. The molecule has 0 radical (unpaired) electrons. The Bertz CT molecular complexity index is 68.5. The van der Waals surface area contributed by atoms with Gasteiger partial charge in [-0.2, -0.15) is 0 Å². The Morgan fingerprint density at radius 1 is 1.71 bits per heavy atom. The van der Waals surface area contributed by atoms with Crippen molar-refractivity contribution in [2.24, 2.45) is 0 Å². The lowest BCUT2D eigenvalue weighted by Crippen LogP contribution is -2.01. The van der Waals surface area contributed by atoms with Gasteiger partial charge in [-0.15, -0.1) is 0 Å². The Hall–Kier alpha value is 0.690. The van der Waals surface area contributed by atoms with Crippen LogP contribution in [-0.4, -0.2) is 10.2 Å². The summed E-state index contributed by atoms with van der Waals surface area (Å²) in [6.07, 6.45) is 2.50. The fourth-order valence-electron chi connectivity index (χ4n) is 0.501. The Balaban J connectivity index is 2.13. The first-order valence-corrected chi connectivity index (χ1v) is 3.67. The summed E-state index contributed by atoms with van der Waals surface area (Å²) < 4.78 is 5.60. The second kappa shape index (κ2) is 1.90. The van der Waals surface area contributed by atoms with Crippen molar-refractivity contribution in [2.75, 3.05) is 6.61 Å². The highest BCUT2D eigenvalue weighted by molar-refractivity contribution is 14.1. The minimum absolute atomic E-state index is 0.270. The molecule has 0 heterocycles. The highest BCUT2D eigenvalue weighted by Crippen LogP contribution is 2.45. The second-order valence-corrected chi connectivity index (χ2v) is 3.78. The molecule has 0 aromatic rings. The van der Waals surface area contributed by atoms with Crippen LogP contribution in [0.4, 0.5) is 0 Å². The van der Waals surface area contributed by atoms with E-state index in [2.05, 4.69) is 22.6 Å². The van der Waals surface area contributed by atoms with E-state index in [1.807, 2.05) is 6.92 Å². The van der Waals surface area contributed by atoms with E-state index in [9.17, 15) is 0 Å². The predicted molar refractivity (Wildman–Crippen MR) is 37.6 cm³/mol. The molecule has 0 aromatic carbocycles.